The number of nitrogens with one attached hydrogen (secondary N) is 3. The predicted octanol–water partition coefficient (Wildman–Crippen LogP) is 1.93. The molecule has 4 N–H and O–H groups in total. The minimum Gasteiger partial charge on any atom is -0.489 e. The molecule has 0 aliphatic carbocycles. The monoisotopic (exact) mass is 656 g/mol. The summed E-state index contributed by atoms with van der Waals surface area (Å²) in [6.45, 7) is 13.4. The van der Waals surface area contributed by atoms with Gasteiger partial charge < -0.3 is 35.0 Å². The van der Waals surface area contributed by atoms with Crippen molar-refractivity contribution < 1.29 is 33.8 Å². The van der Waals surface area contributed by atoms with E-state index >= 15 is 0 Å². The zero-order valence-electron chi connectivity index (χ0n) is 27.6. The number of hydrogen-bond donors (Lipinski definition) is 4. The first-order valence-corrected chi connectivity index (χ1v) is 15.4. The number of rotatable bonds is 9. The van der Waals surface area contributed by atoms with E-state index in [4.69, 9.17) is 14.6 Å². The number of carbonyl (C=O) groups is 4. The van der Waals surface area contributed by atoms with E-state index in [1.807, 2.05) is 27.7 Å². The van der Waals surface area contributed by atoms with Crippen LogP contribution in [0.15, 0.2) is 41.3 Å². The number of nitrogens with zero attached hydrogens (tertiary/aromatic N) is 5. The molecule has 1 aromatic carbocycles. The number of hydrogen-bond acceptors (Lipinski definition) is 9. The molecular formula is C31H44N8O8. The van der Waals surface area contributed by atoms with Crippen molar-refractivity contribution in [1.29, 1.82) is 0 Å². The lowest BCUT2D eigenvalue weighted by atomic mass is 10.0. The van der Waals surface area contributed by atoms with Crippen molar-refractivity contribution in [3.63, 3.8) is 0 Å². The fourth-order valence-electron chi connectivity index (χ4n) is 5.29. The Balaban J connectivity index is 1.22. The van der Waals surface area contributed by atoms with Crippen LogP contribution in [0.3, 0.4) is 0 Å². The van der Waals surface area contributed by atoms with Gasteiger partial charge in [-0.1, -0.05) is 0 Å². The summed E-state index contributed by atoms with van der Waals surface area (Å²) in [5, 5.41) is 16.7. The second-order valence-corrected chi connectivity index (χ2v) is 13.2. The van der Waals surface area contributed by atoms with E-state index < -0.39 is 35.0 Å². The summed E-state index contributed by atoms with van der Waals surface area (Å²) in [5.74, 6) is 0.346. The van der Waals surface area contributed by atoms with Gasteiger partial charge in [-0.15, -0.1) is 0 Å². The van der Waals surface area contributed by atoms with Crippen LogP contribution in [0.5, 0.6) is 5.75 Å². The van der Waals surface area contributed by atoms with Crippen LogP contribution in [0.25, 0.3) is 5.69 Å². The van der Waals surface area contributed by atoms with Crippen molar-refractivity contribution in [2.75, 3.05) is 51.1 Å². The lowest BCUT2D eigenvalue weighted by Gasteiger charge is -2.40. The molecule has 4 rings (SSSR count). The Morgan fingerprint density at radius 1 is 0.979 bits per heavy atom. The largest absolute Gasteiger partial charge is 0.489 e. The van der Waals surface area contributed by atoms with E-state index in [1.165, 1.54) is 40.5 Å². The highest BCUT2D eigenvalue weighted by Gasteiger charge is 2.36. The molecule has 16 heteroatoms. The summed E-state index contributed by atoms with van der Waals surface area (Å²) in [6, 6.07) is 8.10. The van der Waals surface area contributed by atoms with Gasteiger partial charge in [0.25, 0.3) is 0 Å². The molecule has 1 aromatic heterocycles. The SMILES string of the molecule is CC(CN1CC(NC(=O)OC(C)(C)C)C1)Oc1ccc(-n2ccc(NC(=O)N3CCN(C(=O)C(C)(C)NC(=O)O)CC3)nc2=O)cc1. The molecule has 3 heterocycles. The molecule has 16 nitrogen and oxygen atoms in total. The third-order valence-electron chi connectivity index (χ3n) is 7.49. The Hall–Kier alpha value is -4.86. The molecule has 2 aliphatic rings. The molecule has 1 unspecified atom stereocenters. The third-order valence-corrected chi connectivity index (χ3v) is 7.49. The van der Waals surface area contributed by atoms with Gasteiger partial charge >= 0.3 is 23.9 Å². The van der Waals surface area contributed by atoms with Gasteiger partial charge in [0.15, 0.2) is 0 Å². The topological polar surface area (TPSA) is 188 Å². The number of likely N-dealkylation sites (tertiary alicyclic amines) is 1. The number of anilines is 1. The molecular weight excluding hydrogens is 612 g/mol. The molecule has 2 aliphatic heterocycles. The molecule has 0 spiro atoms. The van der Waals surface area contributed by atoms with Crippen molar-refractivity contribution in [1.82, 2.24) is 34.9 Å². The maximum absolute atomic E-state index is 12.8. The van der Waals surface area contributed by atoms with Crippen molar-refractivity contribution >= 4 is 29.9 Å². The zero-order valence-corrected chi connectivity index (χ0v) is 27.6. The normalized spacial score (nSPS) is 16.5. The number of amides is 5. The van der Waals surface area contributed by atoms with Crippen LogP contribution < -0.4 is 26.4 Å². The highest BCUT2D eigenvalue weighted by Crippen LogP contribution is 2.18. The van der Waals surface area contributed by atoms with Gasteiger partial charge in [0.1, 0.15) is 28.8 Å². The Morgan fingerprint density at radius 3 is 2.17 bits per heavy atom. The molecule has 256 valence electrons. The van der Waals surface area contributed by atoms with Crippen LogP contribution in [0, 0.1) is 0 Å². The van der Waals surface area contributed by atoms with Gasteiger partial charge in [0, 0.05) is 52.0 Å². The molecule has 0 saturated carbocycles. The van der Waals surface area contributed by atoms with Gasteiger partial charge in [-0.2, -0.15) is 4.98 Å². The molecule has 2 aromatic rings. The Morgan fingerprint density at radius 2 is 1.60 bits per heavy atom. The average Bonchev–Trinajstić information content (AvgIpc) is 2.94. The summed E-state index contributed by atoms with van der Waals surface area (Å²) in [4.78, 5) is 70.4. The highest BCUT2D eigenvalue weighted by molar-refractivity contribution is 5.90. The number of benzene rings is 1. The smallest absolute Gasteiger partial charge is 0.407 e. The van der Waals surface area contributed by atoms with Crippen LogP contribution in [0.2, 0.25) is 0 Å². The van der Waals surface area contributed by atoms with Crippen LogP contribution in [0.4, 0.5) is 20.2 Å². The highest BCUT2D eigenvalue weighted by atomic mass is 16.6. The van der Waals surface area contributed by atoms with Gasteiger partial charge in [-0.05, 0) is 71.9 Å². The molecule has 2 fully saturated rings. The van der Waals surface area contributed by atoms with Crippen LogP contribution in [0.1, 0.15) is 41.5 Å². The number of ether oxygens (including phenoxy) is 2. The number of aromatic nitrogens is 2. The Kier molecular flexibility index (Phi) is 10.6. The van der Waals surface area contributed by atoms with Crippen LogP contribution >= 0.6 is 0 Å². The maximum Gasteiger partial charge on any atom is 0.407 e. The second kappa shape index (κ2) is 14.3. The molecule has 47 heavy (non-hydrogen) atoms. The molecule has 1 atom stereocenters. The van der Waals surface area contributed by atoms with Gasteiger partial charge in [0.2, 0.25) is 5.91 Å². The molecule has 0 radical (unpaired) electrons. The Bertz CT molecular complexity index is 1510. The summed E-state index contributed by atoms with van der Waals surface area (Å²) in [6.07, 6.45) is -0.305. The van der Waals surface area contributed by atoms with Gasteiger partial charge in [-0.3, -0.25) is 19.6 Å². The van der Waals surface area contributed by atoms with Crippen molar-refractivity contribution in [2.45, 2.75) is 64.8 Å². The van der Waals surface area contributed by atoms with E-state index in [2.05, 4.69) is 25.8 Å². The van der Waals surface area contributed by atoms with E-state index in [-0.39, 0.29) is 50.0 Å². The summed E-state index contributed by atoms with van der Waals surface area (Å²) < 4.78 is 12.7. The standard InChI is InChI=1S/C31H44N8O8/c1-20(17-36-18-21(19-36)32-29(45)47-30(2,3)4)46-23-9-7-22(8-10-23)39-12-11-24(34-27(39)42)33-26(41)38-15-13-37(14-16-38)25(40)31(5,6)35-28(43)44/h7-12,20-21,35H,13-19H2,1-6H3,(H,32,45)(H,43,44)(H,33,34,41,42). The van der Waals surface area contributed by atoms with E-state index in [1.54, 1.807) is 24.3 Å². The predicted molar refractivity (Wildman–Crippen MR) is 172 cm³/mol. The van der Waals surface area contributed by atoms with Gasteiger partial charge in [0.05, 0.1) is 11.7 Å². The van der Waals surface area contributed by atoms with E-state index in [0.29, 0.717) is 31.1 Å². The van der Waals surface area contributed by atoms with E-state index in [9.17, 15) is 24.0 Å². The average molecular weight is 657 g/mol. The first-order valence-electron chi connectivity index (χ1n) is 15.4. The van der Waals surface area contributed by atoms with Crippen LogP contribution in [-0.4, -0.2) is 123 Å². The fourth-order valence-corrected chi connectivity index (χ4v) is 5.29. The second-order valence-electron chi connectivity index (χ2n) is 13.2. The summed E-state index contributed by atoms with van der Waals surface area (Å²) in [5.41, 5.74) is -1.84. The first-order chi connectivity index (χ1) is 22.0. The van der Waals surface area contributed by atoms with Crippen molar-refractivity contribution in [2.24, 2.45) is 0 Å². The fraction of sp³-hybridized carbons (Fsp3) is 0.548. The van der Waals surface area contributed by atoms with E-state index in [0.717, 1.165) is 0 Å². The summed E-state index contributed by atoms with van der Waals surface area (Å²) in [7, 11) is 0. The minimum absolute atomic E-state index is 0.0412. The van der Waals surface area contributed by atoms with Crippen molar-refractivity contribution in [3.05, 3.63) is 47.0 Å². The van der Waals surface area contributed by atoms with Gasteiger partial charge in [-0.25, -0.2) is 19.2 Å². The zero-order chi connectivity index (χ0) is 34.5. The lowest BCUT2D eigenvalue weighted by Crippen LogP contribution is -2.61. The maximum atomic E-state index is 12.8. The third kappa shape index (κ3) is 9.81. The van der Waals surface area contributed by atoms with Crippen molar-refractivity contribution in [3.8, 4) is 11.4 Å². The quantitative estimate of drug-likeness (QED) is 0.311. The number of piperazine rings is 1. The minimum atomic E-state index is -1.29. The first kappa shape index (κ1) is 35.0. The molecule has 0 bridgehead atoms. The number of carboxylic acid groups (broad SMARTS) is 1. The Labute approximate surface area is 273 Å². The number of alkyl carbamates (subject to hydrolysis) is 1. The van der Waals surface area contributed by atoms with Crippen LogP contribution in [-0.2, 0) is 9.53 Å². The molecule has 5 amide bonds. The summed E-state index contributed by atoms with van der Waals surface area (Å²) >= 11 is 0. The number of urea groups is 1. The lowest BCUT2D eigenvalue weighted by molar-refractivity contribution is -0.138. The number of carbonyl (C=O) groups excluding carboxylic acids is 3. The molecule has 2 saturated heterocycles.